The van der Waals surface area contributed by atoms with Crippen LogP contribution in [0.4, 0.5) is 0 Å². The van der Waals surface area contributed by atoms with Gasteiger partial charge in [0.1, 0.15) is 48.1 Å². The van der Waals surface area contributed by atoms with E-state index in [2.05, 4.69) is 35.4 Å². The minimum Gasteiger partial charge on any atom is -0.508 e. The molecule has 11 nitrogen and oxygen atoms in total. The minimum atomic E-state index is -1.06. The zero-order valence-electron chi connectivity index (χ0n) is 32.3. The molecule has 2 bridgehead atoms. The number of rotatable bonds is 6. The lowest BCUT2D eigenvalue weighted by Crippen LogP contribution is -3.12. The number of nitrogens with two attached hydrogens (primary N) is 1. The van der Waals surface area contributed by atoms with Crippen molar-refractivity contribution in [1.29, 1.82) is 0 Å². The number of ether oxygens (including phenoxy) is 2. The number of phenols is 1. The number of carbonyl (C=O) groups is 1. The van der Waals surface area contributed by atoms with Crippen molar-refractivity contribution < 1.29 is 39.6 Å². The predicted octanol–water partition coefficient (Wildman–Crippen LogP) is 2.97. The Morgan fingerprint density at radius 1 is 1.12 bits per heavy atom. The maximum absolute atomic E-state index is 13.1. The number of ketones is 1. The van der Waals surface area contributed by atoms with E-state index in [1.54, 1.807) is 6.07 Å². The largest absolute Gasteiger partial charge is 0.508 e. The molecule has 2 aliphatic carbocycles. The summed E-state index contributed by atoms with van der Waals surface area (Å²) in [4.78, 5) is 19.0. The lowest BCUT2D eigenvalue weighted by Gasteiger charge is -2.36. The molecule has 57 heavy (non-hydrogen) atoms. The van der Waals surface area contributed by atoms with Crippen molar-refractivity contribution in [3.63, 3.8) is 0 Å². The number of quaternary nitrogens is 1. The number of fused-ring (bicyclic) bond motifs is 8. The van der Waals surface area contributed by atoms with Gasteiger partial charge in [0, 0.05) is 49.6 Å². The maximum atomic E-state index is 13.1. The van der Waals surface area contributed by atoms with E-state index in [9.17, 15) is 25.2 Å². The van der Waals surface area contributed by atoms with Gasteiger partial charge in [-0.25, -0.2) is 0 Å². The average molecular weight is 772 g/mol. The van der Waals surface area contributed by atoms with Crippen molar-refractivity contribution in [3.8, 4) is 41.1 Å². The zero-order chi connectivity index (χ0) is 39.4. The third-order valence-electron chi connectivity index (χ3n) is 13.3. The monoisotopic (exact) mass is 771 g/mol. The van der Waals surface area contributed by atoms with Crippen LogP contribution in [0.25, 0.3) is 0 Å². The second-order valence-corrected chi connectivity index (χ2v) is 17.0. The standard InChI is InChI=1S/C46H50N4O7/c1-26-4-7-33(40(54)18-26)41(55)21-29(51)6-5-27-20-43-42(22-39(27)53)56-17-15-46(13-2-3-14-46)36-10-11-38(52)31-8-9-32-30(12-16-48-44(32)47)34(31)19-28-23-49-37-25-50(24-35(28)37)45(36)57-43/h4,7-9,20,22-23,25-26,33,36,38,40-41,44-45,48,52-55H,2-3,5-6,12-14,16,18-19,21,24,47H2,1H3/p+1/t26-,33-,36+,38+,40-,41+,44+,45?/m1/s1. The quantitative estimate of drug-likeness (QED) is 0.172. The van der Waals surface area contributed by atoms with Crippen molar-refractivity contribution >= 4 is 12.0 Å². The fourth-order valence-corrected chi connectivity index (χ4v) is 10.1. The number of nitrogens with zero attached hydrogens (tertiary/aromatic N) is 1. The Balaban J connectivity index is 1.06. The minimum absolute atomic E-state index is 0.0491. The Labute approximate surface area is 333 Å². The number of phenolic OH excluding ortho intramolecular Hbond substituents is 1. The Morgan fingerprint density at radius 2 is 1.95 bits per heavy atom. The van der Waals surface area contributed by atoms with Gasteiger partial charge in [0.25, 0.3) is 6.23 Å². The lowest BCUT2D eigenvalue weighted by molar-refractivity contribution is -0.891. The number of hydrogen-bond acceptors (Lipinski definition) is 10. The van der Waals surface area contributed by atoms with Gasteiger partial charge in [-0.3, -0.25) is 20.0 Å². The number of nitrogens with one attached hydrogen (secondary N) is 2. The third-order valence-corrected chi connectivity index (χ3v) is 13.3. The van der Waals surface area contributed by atoms with Crippen LogP contribution in [0.1, 0.15) is 92.0 Å². The molecule has 2 aromatic carbocycles. The molecule has 0 saturated heterocycles. The zero-order valence-corrected chi connectivity index (χ0v) is 32.3. The molecule has 1 saturated carbocycles. The van der Waals surface area contributed by atoms with Crippen LogP contribution in [0, 0.1) is 47.0 Å². The van der Waals surface area contributed by atoms with Gasteiger partial charge in [-0.1, -0.05) is 61.8 Å². The number of aliphatic hydroxyl groups excluding tert-OH is 3. The molecule has 5 heterocycles. The Bertz CT molecular complexity index is 2230. The van der Waals surface area contributed by atoms with Crippen molar-refractivity contribution in [3.05, 3.63) is 87.3 Å². The van der Waals surface area contributed by atoms with E-state index in [-0.39, 0.29) is 48.6 Å². The van der Waals surface area contributed by atoms with E-state index in [1.807, 2.05) is 37.4 Å². The van der Waals surface area contributed by atoms with Crippen LogP contribution in [0.3, 0.4) is 0 Å². The van der Waals surface area contributed by atoms with Crippen LogP contribution in [-0.4, -0.2) is 63.9 Å². The van der Waals surface area contributed by atoms with E-state index in [4.69, 9.17) is 20.2 Å². The summed E-state index contributed by atoms with van der Waals surface area (Å²) in [6, 6.07) is 7.19. The Kier molecular flexibility index (Phi) is 10.1. The number of benzene rings is 2. The van der Waals surface area contributed by atoms with Gasteiger partial charge in [-0.05, 0) is 77.5 Å². The molecule has 2 unspecified atom stereocenters. The molecule has 1 fully saturated rings. The van der Waals surface area contributed by atoms with Gasteiger partial charge in [0.05, 0.1) is 23.8 Å². The number of aromatic hydroxyl groups is 1. The number of aliphatic imine (C=N–C) groups is 1. The number of Topliss-reactive ketones (excluding diaryl/α,β-unsaturated/α-hetero) is 1. The highest BCUT2D eigenvalue weighted by atomic mass is 16.5. The molecule has 5 aliphatic heterocycles. The fourth-order valence-electron chi connectivity index (χ4n) is 10.1. The van der Waals surface area contributed by atoms with Crippen LogP contribution < -0.4 is 25.4 Å². The predicted molar refractivity (Wildman–Crippen MR) is 213 cm³/mol. The second-order valence-electron chi connectivity index (χ2n) is 17.0. The molecular formula is C46H51N4O7+. The Morgan fingerprint density at radius 3 is 2.77 bits per heavy atom. The topological polar surface area (TPSA) is 171 Å². The first-order chi connectivity index (χ1) is 27.6. The van der Waals surface area contributed by atoms with E-state index in [1.165, 1.54) is 11.6 Å². The van der Waals surface area contributed by atoms with Crippen molar-refractivity contribution in [2.75, 3.05) is 13.1 Å². The normalized spacial score (nSPS) is 30.8. The Hall–Kier alpha value is -4.72. The van der Waals surface area contributed by atoms with Crippen LogP contribution in [-0.2, 0) is 24.1 Å². The number of allylic oxidation sites excluding steroid dienone is 2. The first kappa shape index (κ1) is 37.8. The SMILES string of the molecule is C[C@@H]1C=C[C@@H]([C@@H](O)CC(=O)CCc2cc3c(cc2O)OC#CC2(CCCC2)[C@H]2C#C[C@H](O)c4ccc5c(c4CC4=C6C[NH+](C=C6N=C4)C2O3)CCN[C@@H]5N)[C@H](O)C1. The van der Waals surface area contributed by atoms with E-state index in [0.29, 0.717) is 30.7 Å². The molecule has 7 aliphatic rings. The smallest absolute Gasteiger partial charge is 0.252 e. The van der Waals surface area contributed by atoms with Gasteiger partial charge >= 0.3 is 0 Å². The molecule has 9 atom stereocenters. The molecule has 8 N–H and O–H groups in total. The summed E-state index contributed by atoms with van der Waals surface area (Å²) in [5.41, 5.74) is 13.6. The lowest BCUT2D eigenvalue weighted by atomic mass is 9.73. The average Bonchev–Trinajstić information content (AvgIpc) is 3.93. The van der Waals surface area contributed by atoms with Crippen molar-refractivity contribution in [2.45, 2.75) is 102 Å². The molecule has 1 spiro atoms. The van der Waals surface area contributed by atoms with Crippen molar-refractivity contribution in [2.24, 2.45) is 33.9 Å². The van der Waals surface area contributed by atoms with E-state index in [0.717, 1.165) is 77.1 Å². The first-order valence-electron chi connectivity index (χ1n) is 20.5. The van der Waals surface area contributed by atoms with Gasteiger partial charge in [-0.15, -0.1) is 0 Å². The number of aryl methyl sites for hydroxylation is 1. The molecule has 2 aromatic rings. The summed E-state index contributed by atoms with van der Waals surface area (Å²) in [7, 11) is 0. The highest BCUT2D eigenvalue weighted by Crippen LogP contribution is 2.47. The highest BCUT2D eigenvalue weighted by molar-refractivity contribution is 5.87. The molecule has 11 heteroatoms. The summed E-state index contributed by atoms with van der Waals surface area (Å²) >= 11 is 0. The molecular weight excluding hydrogens is 721 g/mol. The molecule has 296 valence electrons. The van der Waals surface area contributed by atoms with Crippen molar-refractivity contribution in [1.82, 2.24) is 5.32 Å². The third kappa shape index (κ3) is 7.12. The van der Waals surface area contributed by atoms with E-state index < -0.39 is 41.8 Å². The van der Waals surface area contributed by atoms with Crippen LogP contribution in [0.15, 0.2) is 64.5 Å². The summed E-state index contributed by atoms with van der Waals surface area (Å²) in [6.45, 7) is 3.38. The first-order valence-corrected chi connectivity index (χ1v) is 20.5. The number of aliphatic hydroxyl groups is 3. The molecule has 0 radical (unpaired) electrons. The summed E-state index contributed by atoms with van der Waals surface area (Å²) < 4.78 is 13.1. The number of hydrogen-bond donors (Lipinski definition) is 7. The molecule has 0 aromatic heterocycles. The van der Waals surface area contributed by atoms with Gasteiger partial charge in [-0.2, -0.15) is 0 Å². The summed E-state index contributed by atoms with van der Waals surface area (Å²) in [5, 5.41) is 47.8. The second kappa shape index (κ2) is 15.2. The summed E-state index contributed by atoms with van der Waals surface area (Å²) in [6.07, 6.45) is 12.9. The highest BCUT2D eigenvalue weighted by Gasteiger charge is 2.51. The molecule has 9 rings (SSSR count). The van der Waals surface area contributed by atoms with Crippen LogP contribution in [0.2, 0.25) is 0 Å². The van der Waals surface area contributed by atoms with Gasteiger partial charge in [0.15, 0.2) is 11.5 Å². The maximum Gasteiger partial charge on any atom is 0.252 e. The summed E-state index contributed by atoms with van der Waals surface area (Å²) in [5.74, 6) is 10.0. The molecule has 0 amide bonds. The van der Waals surface area contributed by atoms with Gasteiger partial charge in [0.2, 0.25) is 0 Å². The number of carbonyl (C=O) groups excluding carboxylic acids is 1. The van der Waals surface area contributed by atoms with Gasteiger partial charge < -0.3 is 35.6 Å². The van der Waals surface area contributed by atoms with Crippen LogP contribution >= 0.6 is 0 Å². The van der Waals surface area contributed by atoms with Crippen LogP contribution in [0.5, 0.6) is 17.2 Å². The van der Waals surface area contributed by atoms with E-state index >= 15 is 0 Å². The fraction of sp³-hybridized carbons (Fsp3) is 0.478.